The van der Waals surface area contributed by atoms with Gasteiger partial charge in [-0.05, 0) is 44.6 Å². The number of rotatable bonds is 1. The first-order valence-electron chi connectivity index (χ1n) is 3.71. The molecule has 2 aromatic heterocycles. The molecular formula is C8H2BrCl2IN2S. The third-order valence-corrected chi connectivity index (χ3v) is 5.31. The summed E-state index contributed by atoms with van der Waals surface area (Å²) < 4.78 is 1.70. The summed E-state index contributed by atoms with van der Waals surface area (Å²) >= 11 is 18.8. The zero-order valence-corrected chi connectivity index (χ0v) is 13.0. The molecule has 0 amide bonds. The van der Waals surface area contributed by atoms with Crippen LogP contribution < -0.4 is 0 Å². The first-order chi connectivity index (χ1) is 7.08. The Morgan fingerprint density at radius 1 is 1.27 bits per heavy atom. The van der Waals surface area contributed by atoms with Gasteiger partial charge in [-0.15, -0.1) is 11.3 Å². The van der Waals surface area contributed by atoms with Gasteiger partial charge >= 0.3 is 0 Å². The van der Waals surface area contributed by atoms with Gasteiger partial charge in [-0.1, -0.05) is 23.2 Å². The molecule has 15 heavy (non-hydrogen) atoms. The topological polar surface area (TPSA) is 25.8 Å². The van der Waals surface area contributed by atoms with Crippen molar-refractivity contribution in [3.63, 3.8) is 0 Å². The van der Waals surface area contributed by atoms with E-state index in [1.54, 1.807) is 11.3 Å². The van der Waals surface area contributed by atoms with E-state index in [4.69, 9.17) is 23.2 Å². The minimum atomic E-state index is 0.382. The molecule has 0 saturated carbocycles. The average Bonchev–Trinajstić information content (AvgIpc) is 2.60. The van der Waals surface area contributed by atoms with E-state index in [1.807, 2.05) is 34.0 Å². The van der Waals surface area contributed by atoms with Crippen LogP contribution in [0.2, 0.25) is 10.3 Å². The van der Waals surface area contributed by atoms with E-state index >= 15 is 0 Å². The maximum Gasteiger partial charge on any atom is 0.163 e. The predicted octanol–water partition coefficient (Wildman–Crippen LogP) is 4.88. The van der Waals surface area contributed by atoms with Gasteiger partial charge < -0.3 is 0 Å². The Morgan fingerprint density at radius 3 is 2.33 bits per heavy atom. The van der Waals surface area contributed by atoms with E-state index in [2.05, 4.69) is 25.9 Å². The zero-order chi connectivity index (χ0) is 11.0. The van der Waals surface area contributed by atoms with Gasteiger partial charge in [0.15, 0.2) is 5.82 Å². The van der Waals surface area contributed by atoms with E-state index in [9.17, 15) is 0 Å². The van der Waals surface area contributed by atoms with Crippen LogP contribution in [0, 0.1) is 3.57 Å². The highest BCUT2D eigenvalue weighted by molar-refractivity contribution is 14.1. The van der Waals surface area contributed by atoms with E-state index in [0.29, 0.717) is 19.7 Å². The summed E-state index contributed by atoms with van der Waals surface area (Å²) in [6, 6.07) is 1.93. The molecule has 0 aromatic carbocycles. The van der Waals surface area contributed by atoms with Crippen molar-refractivity contribution in [2.75, 3.05) is 0 Å². The second-order valence-corrected chi connectivity index (χ2v) is 6.67. The van der Waals surface area contributed by atoms with Gasteiger partial charge in [-0.3, -0.25) is 0 Å². The maximum absolute atomic E-state index is 5.92. The number of hydrogen-bond acceptors (Lipinski definition) is 3. The second kappa shape index (κ2) is 4.83. The molecule has 7 heteroatoms. The SMILES string of the molecule is Clc1nc(-c2csc(Br)c2)nc(Cl)c1I. The summed E-state index contributed by atoms with van der Waals surface area (Å²) in [5, 5.41) is 2.71. The van der Waals surface area contributed by atoms with Gasteiger partial charge in [0.2, 0.25) is 0 Å². The van der Waals surface area contributed by atoms with Gasteiger partial charge in [0.05, 0.1) is 7.36 Å². The molecule has 0 radical (unpaired) electrons. The standard InChI is InChI=1S/C8H2BrCl2IN2S/c9-4-1-3(2-15-4)8-13-6(10)5(12)7(11)14-8/h1-2H. The van der Waals surface area contributed by atoms with Crippen molar-refractivity contribution in [1.82, 2.24) is 9.97 Å². The van der Waals surface area contributed by atoms with Crippen LogP contribution in [0.1, 0.15) is 0 Å². The molecule has 0 fully saturated rings. The Hall–Kier alpha value is 0.570. The van der Waals surface area contributed by atoms with Crippen LogP contribution in [0.3, 0.4) is 0 Å². The number of aromatic nitrogens is 2. The highest BCUT2D eigenvalue weighted by atomic mass is 127. The molecule has 2 aromatic rings. The van der Waals surface area contributed by atoms with E-state index in [0.717, 1.165) is 9.35 Å². The van der Waals surface area contributed by atoms with Crippen LogP contribution in [-0.4, -0.2) is 9.97 Å². The van der Waals surface area contributed by atoms with Crippen molar-refractivity contribution in [3.05, 3.63) is 29.1 Å². The highest BCUT2D eigenvalue weighted by Gasteiger charge is 2.11. The lowest BCUT2D eigenvalue weighted by Crippen LogP contribution is -1.92. The predicted molar refractivity (Wildman–Crippen MR) is 75.8 cm³/mol. The van der Waals surface area contributed by atoms with Crippen molar-refractivity contribution < 1.29 is 0 Å². The Balaban J connectivity index is 2.55. The minimum absolute atomic E-state index is 0.382. The monoisotopic (exact) mass is 434 g/mol. The second-order valence-electron chi connectivity index (χ2n) is 2.58. The molecule has 0 saturated heterocycles. The van der Waals surface area contributed by atoms with Gasteiger partial charge in [0, 0.05) is 10.9 Å². The molecule has 0 aliphatic rings. The van der Waals surface area contributed by atoms with E-state index < -0.39 is 0 Å². The fraction of sp³-hybridized carbons (Fsp3) is 0. The Bertz CT molecular complexity index is 494. The van der Waals surface area contributed by atoms with E-state index in [1.165, 1.54) is 0 Å². The molecule has 2 heterocycles. The molecule has 0 bridgehead atoms. The third kappa shape index (κ3) is 2.63. The summed E-state index contributed by atoms with van der Waals surface area (Å²) in [6.45, 7) is 0. The highest BCUT2D eigenvalue weighted by Crippen LogP contribution is 2.30. The fourth-order valence-corrected chi connectivity index (χ4v) is 2.71. The van der Waals surface area contributed by atoms with Crippen molar-refractivity contribution in [2.24, 2.45) is 0 Å². The molecule has 0 N–H and O–H groups in total. The van der Waals surface area contributed by atoms with Crippen molar-refractivity contribution >= 4 is 73.1 Å². The summed E-state index contributed by atoms with van der Waals surface area (Å²) in [4.78, 5) is 8.33. The maximum atomic E-state index is 5.92. The molecule has 2 rings (SSSR count). The first-order valence-corrected chi connectivity index (χ1v) is 7.21. The number of nitrogens with zero attached hydrogens (tertiary/aromatic N) is 2. The molecule has 0 atom stereocenters. The largest absolute Gasteiger partial charge is 0.215 e. The van der Waals surface area contributed by atoms with Crippen LogP contribution in [0.25, 0.3) is 11.4 Å². The number of hydrogen-bond donors (Lipinski definition) is 0. The number of halogens is 4. The van der Waals surface area contributed by atoms with Crippen molar-refractivity contribution in [3.8, 4) is 11.4 Å². The molecule has 0 aliphatic carbocycles. The lowest BCUT2D eigenvalue weighted by atomic mass is 10.3. The minimum Gasteiger partial charge on any atom is -0.215 e. The van der Waals surface area contributed by atoms with Gasteiger partial charge in [-0.2, -0.15) is 0 Å². The van der Waals surface area contributed by atoms with Crippen LogP contribution in [0.4, 0.5) is 0 Å². The summed E-state index contributed by atoms with van der Waals surface area (Å²) in [5.74, 6) is 0.548. The summed E-state index contributed by atoms with van der Waals surface area (Å²) in [7, 11) is 0. The summed E-state index contributed by atoms with van der Waals surface area (Å²) in [6.07, 6.45) is 0. The Kier molecular flexibility index (Phi) is 3.88. The van der Waals surface area contributed by atoms with Gasteiger partial charge in [0.1, 0.15) is 10.3 Å². The molecule has 0 spiro atoms. The lowest BCUT2D eigenvalue weighted by Gasteiger charge is -2.01. The van der Waals surface area contributed by atoms with Crippen molar-refractivity contribution in [1.29, 1.82) is 0 Å². The van der Waals surface area contributed by atoms with Crippen LogP contribution in [-0.2, 0) is 0 Å². The molecular weight excluding hydrogens is 434 g/mol. The van der Waals surface area contributed by atoms with E-state index in [-0.39, 0.29) is 0 Å². The first kappa shape index (κ1) is 12.0. The fourth-order valence-electron chi connectivity index (χ4n) is 0.951. The Labute approximate surface area is 122 Å². The van der Waals surface area contributed by atoms with Crippen LogP contribution >= 0.6 is 73.1 Å². The van der Waals surface area contributed by atoms with Crippen molar-refractivity contribution in [2.45, 2.75) is 0 Å². The quantitative estimate of drug-likeness (QED) is 0.471. The number of thiophene rings is 1. The Morgan fingerprint density at radius 2 is 1.87 bits per heavy atom. The smallest absolute Gasteiger partial charge is 0.163 e. The average molecular weight is 436 g/mol. The molecule has 0 unspecified atom stereocenters. The molecule has 2 nitrogen and oxygen atoms in total. The third-order valence-electron chi connectivity index (χ3n) is 1.60. The van der Waals surface area contributed by atoms with Crippen LogP contribution in [0.15, 0.2) is 15.2 Å². The molecule has 78 valence electrons. The van der Waals surface area contributed by atoms with Gasteiger partial charge in [0.25, 0.3) is 0 Å². The molecule has 0 aliphatic heterocycles. The lowest BCUT2D eigenvalue weighted by molar-refractivity contribution is 1.16. The van der Waals surface area contributed by atoms with Gasteiger partial charge in [-0.25, -0.2) is 9.97 Å². The van der Waals surface area contributed by atoms with Crippen LogP contribution in [0.5, 0.6) is 0 Å². The zero-order valence-electron chi connectivity index (χ0n) is 6.97. The summed E-state index contributed by atoms with van der Waals surface area (Å²) in [5.41, 5.74) is 0.909. The normalized spacial score (nSPS) is 10.7.